The van der Waals surface area contributed by atoms with Crippen molar-refractivity contribution in [1.29, 1.82) is 0 Å². The summed E-state index contributed by atoms with van der Waals surface area (Å²) in [6.45, 7) is 2.84. The predicted octanol–water partition coefficient (Wildman–Crippen LogP) is 2.35. The maximum atomic E-state index is 6.06. The van der Waals surface area contributed by atoms with Gasteiger partial charge in [-0.25, -0.2) is 9.97 Å². The first kappa shape index (κ1) is 12.9. The number of nitrogens with zero attached hydrogens (tertiary/aromatic N) is 3. The van der Waals surface area contributed by atoms with Crippen molar-refractivity contribution in [1.82, 2.24) is 20.2 Å². The van der Waals surface area contributed by atoms with Gasteiger partial charge in [-0.1, -0.05) is 0 Å². The van der Waals surface area contributed by atoms with E-state index in [0.29, 0.717) is 0 Å². The van der Waals surface area contributed by atoms with E-state index in [-0.39, 0.29) is 0 Å². The molecule has 4 N–H and O–H groups in total. The van der Waals surface area contributed by atoms with Crippen molar-refractivity contribution in [3.8, 4) is 0 Å². The van der Waals surface area contributed by atoms with Crippen LogP contribution in [-0.2, 0) is 6.42 Å². The van der Waals surface area contributed by atoms with Crippen LogP contribution in [0.5, 0.6) is 0 Å². The van der Waals surface area contributed by atoms with E-state index in [0.717, 1.165) is 51.8 Å². The minimum Gasteiger partial charge on any atom is -0.397 e. The molecule has 0 spiro atoms. The Labute approximate surface area is 120 Å². The van der Waals surface area contributed by atoms with Gasteiger partial charge in [0.1, 0.15) is 12.2 Å². The maximum Gasteiger partial charge on any atom is 0.137 e. The highest BCUT2D eigenvalue weighted by Gasteiger charge is 2.06. The van der Waals surface area contributed by atoms with Gasteiger partial charge in [0.05, 0.1) is 26.6 Å². The van der Waals surface area contributed by atoms with Crippen LogP contribution < -0.4 is 11.1 Å². The Morgan fingerprint density at radius 3 is 3.10 bits per heavy atom. The van der Waals surface area contributed by atoms with Gasteiger partial charge in [-0.2, -0.15) is 5.10 Å². The number of rotatable bonds is 5. The van der Waals surface area contributed by atoms with E-state index in [9.17, 15) is 0 Å². The van der Waals surface area contributed by atoms with Crippen LogP contribution in [-0.4, -0.2) is 26.7 Å². The summed E-state index contributed by atoms with van der Waals surface area (Å²) in [7, 11) is 0. The summed E-state index contributed by atoms with van der Waals surface area (Å²) < 4.78 is 1.13. The van der Waals surface area contributed by atoms with E-state index >= 15 is 0 Å². The summed E-state index contributed by atoms with van der Waals surface area (Å²) in [6.07, 6.45) is 3.35. The molecule has 0 amide bonds. The fourth-order valence-electron chi connectivity index (χ4n) is 2.09. The lowest BCUT2D eigenvalue weighted by atomic mass is 10.2. The van der Waals surface area contributed by atoms with Gasteiger partial charge in [-0.3, -0.25) is 5.10 Å². The molecule has 0 aliphatic carbocycles. The molecular formula is C13H16N6S. The Bertz CT molecular complexity index is 703. The molecule has 0 aliphatic heterocycles. The second kappa shape index (κ2) is 5.46. The number of anilines is 2. The zero-order valence-electron chi connectivity index (χ0n) is 11.2. The molecule has 0 saturated carbocycles. The van der Waals surface area contributed by atoms with Gasteiger partial charge in [0.2, 0.25) is 0 Å². The molecule has 6 nitrogen and oxygen atoms in total. The molecule has 0 saturated heterocycles. The van der Waals surface area contributed by atoms with Gasteiger partial charge < -0.3 is 11.1 Å². The number of aromatic amines is 1. The number of aromatic nitrogens is 4. The number of H-pyrrole nitrogens is 1. The second-order valence-corrected chi connectivity index (χ2v) is 5.84. The van der Waals surface area contributed by atoms with Crippen molar-refractivity contribution >= 4 is 32.9 Å². The number of nitrogens with two attached hydrogens (primary N) is 1. The third-order valence-electron chi connectivity index (χ3n) is 3.04. The molecule has 0 bridgehead atoms. The van der Waals surface area contributed by atoms with Crippen molar-refractivity contribution < 1.29 is 0 Å². The van der Waals surface area contributed by atoms with E-state index in [4.69, 9.17) is 5.73 Å². The van der Waals surface area contributed by atoms with Gasteiger partial charge in [-0.15, -0.1) is 11.3 Å². The van der Waals surface area contributed by atoms with E-state index in [1.54, 1.807) is 11.3 Å². The van der Waals surface area contributed by atoms with Crippen molar-refractivity contribution in [2.75, 3.05) is 17.6 Å². The predicted molar refractivity (Wildman–Crippen MR) is 82.0 cm³/mol. The van der Waals surface area contributed by atoms with Gasteiger partial charge in [0, 0.05) is 13.0 Å². The fraction of sp³-hybridized carbons (Fsp3) is 0.308. The third-order valence-corrected chi connectivity index (χ3v) is 3.97. The highest BCUT2D eigenvalue weighted by molar-refractivity contribution is 7.18. The number of aryl methyl sites for hydroxylation is 2. The van der Waals surface area contributed by atoms with Crippen LogP contribution in [0.15, 0.2) is 18.5 Å². The highest BCUT2D eigenvalue weighted by Crippen LogP contribution is 2.29. The molecule has 0 aliphatic rings. The maximum absolute atomic E-state index is 6.06. The molecular weight excluding hydrogens is 272 g/mol. The smallest absolute Gasteiger partial charge is 0.137 e. The molecule has 0 unspecified atom stereocenters. The molecule has 104 valence electrons. The number of benzene rings is 1. The zero-order chi connectivity index (χ0) is 13.9. The summed E-state index contributed by atoms with van der Waals surface area (Å²) >= 11 is 1.66. The van der Waals surface area contributed by atoms with Gasteiger partial charge in [0.15, 0.2) is 0 Å². The summed E-state index contributed by atoms with van der Waals surface area (Å²) in [5, 5.41) is 11.1. The van der Waals surface area contributed by atoms with Crippen LogP contribution in [0.25, 0.3) is 10.2 Å². The van der Waals surface area contributed by atoms with E-state index in [1.807, 2.05) is 19.1 Å². The van der Waals surface area contributed by atoms with Crippen LogP contribution in [0.3, 0.4) is 0 Å². The molecule has 7 heteroatoms. The fourth-order valence-corrected chi connectivity index (χ4v) is 2.95. The van der Waals surface area contributed by atoms with Gasteiger partial charge in [0.25, 0.3) is 0 Å². The van der Waals surface area contributed by atoms with Crippen LogP contribution >= 0.6 is 11.3 Å². The first-order valence-corrected chi connectivity index (χ1v) is 7.29. The molecule has 0 atom stereocenters. The van der Waals surface area contributed by atoms with Crippen LogP contribution in [0.1, 0.15) is 17.3 Å². The average molecular weight is 288 g/mol. The van der Waals surface area contributed by atoms with Gasteiger partial charge >= 0.3 is 0 Å². The second-order valence-electron chi connectivity index (χ2n) is 4.60. The Morgan fingerprint density at radius 2 is 2.30 bits per heavy atom. The van der Waals surface area contributed by atoms with Crippen LogP contribution in [0.2, 0.25) is 0 Å². The van der Waals surface area contributed by atoms with Gasteiger partial charge in [-0.05, 0) is 25.5 Å². The SMILES string of the molecule is Cc1nc2cc(NCCCc3ncn[nH]3)c(N)cc2s1. The lowest BCUT2D eigenvalue weighted by molar-refractivity contribution is 0.806. The summed E-state index contributed by atoms with van der Waals surface area (Å²) in [5.74, 6) is 0.908. The number of fused-ring (bicyclic) bond motifs is 1. The molecule has 0 radical (unpaired) electrons. The Hall–Kier alpha value is -2.15. The monoisotopic (exact) mass is 288 g/mol. The average Bonchev–Trinajstić information content (AvgIpc) is 3.03. The molecule has 20 heavy (non-hydrogen) atoms. The molecule has 3 rings (SSSR count). The number of hydrogen-bond donors (Lipinski definition) is 3. The molecule has 0 fully saturated rings. The minimum atomic E-state index is 0.765. The quantitative estimate of drug-likeness (QED) is 0.495. The number of nitrogens with one attached hydrogen (secondary N) is 2. The number of hydrogen-bond acceptors (Lipinski definition) is 6. The lowest BCUT2D eigenvalue weighted by Gasteiger charge is -2.08. The topological polar surface area (TPSA) is 92.5 Å². The zero-order valence-corrected chi connectivity index (χ0v) is 12.0. The summed E-state index contributed by atoms with van der Waals surface area (Å²) in [5.41, 5.74) is 8.77. The van der Waals surface area contributed by atoms with Crippen molar-refractivity contribution in [3.05, 3.63) is 29.3 Å². The number of nitrogen functional groups attached to an aromatic ring is 1. The Balaban J connectivity index is 1.63. The molecule has 1 aromatic carbocycles. The number of thiazole rings is 1. The van der Waals surface area contributed by atoms with Crippen LogP contribution in [0.4, 0.5) is 11.4 Å². The van der Waals surface area contributed by atoms with E-state index in [2.05, 4.69) is 25.5 Å². The van der Waals surface area contributed by atoms with Crippen molar-refractivity contribution in [3.63, 3.8) is 0 Å². The Morgan fingerprint density at radius 1 is 1.40 bits per heavy atom. The highest BCUT2D eigenvalue weighted by atomic mass is 32.1. The lowest BCUT2D eigenvalue weighted by Crippen LogP contribution is -2.05. The summed E-state index contributed by atoms with van der Waals surface area (Å²) in [4.78, 5) is 8.58. The van der Waals surface area contributed by atoms with Crippen LogP contribution in [0, 0.1) is 6.92 Å². The summed E-state index contributed by atoms with van der Waals surface area (Å²) in [6, 6.07) is 4.00. The Kier molecular flexibility index (Phi) is 3.51. The van der Waals surface area contributed by atoms with E-state index in [1.165, 1.54) is 6.33 Å². The molecule has 2 aromatic heterocycles. The largest absolute Gasteiger partial charge is 0.397 e. The molecule has 3 aromatic rings. The molecule has 2 heterocycles. The first-order valence-electron chi connectivity index (χ1n) is 6.47. The first-order chi connectivity index (χ1) is 9.72. The van der Waals surface area contributed by atoms with Crippen molar-refractivity contribution in [2.24, 2.45) is 0 Å². The minimum absolute atomic E-state index is 0.765. The van der Waals surface area contributed by atoms with Crippen molar-refractivity contribution in [2.45, 2.75) is 19.8 Å². The van der Waals surface area contributed by atoms with E-state index < -0.39 is 0 Å². The normalized spacial score (nSPS) is 11.1. The third kappa shape index (κ3) is 2.72. The standard InChI is InChI=1S/C13H16N6S/c1-8-18-11-6-10(9(14)5-12(11)20-8)15-4-2-3-13-16-7-17-19-13/h5-7,15H,2-4,14H2,1H3,(H,16,17,19).